The highest BCUT2D eigenvalue weighted by Crippen LogP contribution is 2.34. The Labute approximate surface area is 120 Å². The number of Topliss-reactive ketones (excluding diaryl/α,β-unsaturated/α-hetero) is 1. The molecule has 0 saturated heterocycles. The van der Waals surface area contributed by atoms with Crippen molar-refractivity contribution in [2.75, 3.05) is 0 Å². The first-order valence-electron chi connectivity index (χ1n) is 7.44. The quantitative estimate of drug-likeness (QED) is 0.755. The molecular formula is C19H20O. The van der Waals surface area contributed by atoms with Gasteiger partial charge in [0.1, 0.15) is 5.78 Å². The van der Waals surface area contributed by atoms with Crippen molar-refractivity contribution in [3.63, 3.8) is 0 Å². The van der Waals surface area contributed by atoms with Gasteiger partial charge in [0.2, 0.25) is 0 Å². The van der Waals surface area contributed by atoms with Crippen LogP contribution in [0.5, 0.6) is 0 Å². The molecule has 0 radical (unpaired) electrons. The van der Waals surface area contributed by atoms with E-state index in [4.69, 9.17) is 0 Å². The molecule has 0 bridgehead atoms. The monoisotopic (exact) mass is 264 g/mol. The van der Waals surface area contributed by atoms with Crippen LogP contribution in [0.25, 0.3) is 11.1 Å². The maximum Gasteiger partial charge on any atom is 0.140 e. The molecule has 2 aromatic carbocycles. The Balaban J connectivity index is 2.01. The average molecular weight is 264 g/mol. The van der Waals surface area contributed by atoms with E-state index in [0.29, 0.717) is 5.78 Å². The van der Waals surface area contributed by atoms with Crippen LogP contribution in [0.4, 0.5) is 0 Å². The van der Waals surface area contributed by atoms with Gasteiger partial charge < -0.3 is 0 Å². The Morgan fingerprint density at radius 3 is 2.50 bits per heavy atom. The molecule has 1 saturated carbocycles. The number of aryl methyl sites for hydroxylation is 1. The molecule has 3 rings (SSSR count). The minimum Gasteiger partial charge on any atom is -0.299 e. The Bertz CT molecular complexity index is 613. The lowest BCUT2D eigenvalue weighted by atomic mass is 9.80. The zero-order chi connectivity index (χ0) is 13.9. The lowest BCUT2D eigenvalue weighted by molar-refractivity contribution is -0.121. The third-order valence-corrected chi connectivity index (χ3v) is 4.32. The van der Waals surface area contributed by atoms with Gasteiger partial charge >= 0.3 is 0 Å². The van der Waals surface area contributed by atoms with Gasteiger partial charge in [0.25, 0.3) is 0 Å². The van der Waals surface area contributed by atoms with E-state index in [1.807, 2.05) is 6.07 Å². The average Bonchev–Trinajstić information content (AvgIpc) is 2.49. The van der Waals surface area contributed by atoms with E-state index in [1.165, 1.54) is 28.7 Å². The molecule has 1 unspecified atom stereocenters. The van der Waals surface area contributed by atoms with Crippen molar-refractivity contribution in [3.05, 3.63) is 59.7 Å². The van der Waals surface area contributed by atoms with Gasteiger partial charge in [-0.2, -0.15) is 0 Å². The van der Waals surface area contributed by atoms with Crippen LogP contribution < -0.4 is 0 Å². The Morgan fingerprint density at radius 2 is 1.75 bits per heavy atom. The van der Waals surface area contributed by atoms with Crippen molar-refractivity contribution in [2.45, 2.75) is 38.5 Å². The summed E-state index contributed by atoms with van der Waals surface area (Å²) in [5.41, 5.74) is 4.91. The Morgan fingerprint density at radius 1 is 0.950 bits per heavy atom. The lowest BCUT2D eigenvalue weighted by Crippen LogP contribution is -2.17. The zero-order valence-corrected chi connectivity index (χ0v) is 11.9. The molecule has 0 amide bonds. The normalized spacial score (nSPS) is 19.1. The molecule has 1 fully saturated rings. The van der Waals surface area contributed by atoms with Gasteiger partial charge in [-0.3, -0.25) is 4.79 Å². The van der Waals surface area contributed by atoms with E-state index in [-0.39, 0.29) is 5.92 Å². The standard InChI is InChI=1S/C19H20O/c1-14-11-12-16(15-7-3-2-4-8-15)13-18(14)17-9-5-6-10-19(17)20/h2-4,7-8,11-13,17H,5-6,9-10H2,1H3. The van der Waals surface area contributed by atoms with Gasteiger partial charge in [0.05, 0.1) is 0 Å². The highest BCUT2D eigenvalue weighted by Gasteiger charge is 2.25. The topological polar surface area (TPSA) is 17.1 Å². The molecule has 1 aliphatic carbocycles. The molecule has 1 aliphatic rings. The second-order valence-electron chi connectivity index (χ2n) is 5.70. The van der Waals surface area contributed by atoms with Crippen LogP contribution in [-0.4, -0.2) is 5.78 Å². The molecule has 1 nitrogen and oxygen atoms in total. The fourth-order valence-corrected chi connectivity index (χ4v) is 3.14. The van der Waals surface area contributed by atoms with Crippen molar-refractivity contribution >= 4 is 5.78 Å². The van der Waals surface area contributed by atoms with E-state index in [0.717, 1.165) is 19.3 Å². The summed E-state index contributed by atoms with van der Waals surface area (Å²) in [6.45, 7) is 2.12. The van der Waals surface area contributed by atoms with Crippen LogP contribution in [0.15, 0.2) is 48.5 Å². The molecule has 2 aromatic rings. The van der Waals surface area contributed by atoms with Gasteiger partial charge in [-0.1, -0.05) is 55.0 Å². The highest BCUT2D eigenvalue weighted by atomic mass is 16.1. The third kappa shape index (κ3) is 2.53. The first-order chi connectivity index (χ1) is 9.75. The first-order valence-corrected chi connectivity index (χ1v) is 7.44. The molecule has 1 atom stereocenters. The van der Waals surface area contributed by atoms with Crippen LogP contribution in [0.1, 0.15) is 42.7 Å². The summed E-state index contributed by atoms with van der Waals surface area (Å²) in [5, 5.41) is 0. The van der Waals surface area contributed by atoms with Gasteiger partial charge in [-0.05, 0) is 42.0 Å². The summed E-state index contributed by atoms with van der Waals surface area (Å²) >= 11 is 0. The number of carbonyl (C=O) groups excluding carboxylic acids is 1. The number of carbonyl (C=O) groups is 1. The summed E-state index contributed by atoms with van der Waals surface area (Å²) in [5.74, 6) is 0.539. The fourth-order valence-electron chi connectivity index (χ4n) is 3.14. The predicted octanol–water partition coefficient (Wildman–Crippen LogP) is 4.89. The second-order valence-corrected chi connectivity index (χ2v) is 5.70. The predicted molar refractivity (Wildman–Crippen MR) is 82.8 cm³/mol. The van der Waals surface area contributed by atoms with Crippen LogP contribution >= 0.6 is 0 Å². The van der Waals surface area contributed by atoms with Crippen LogP contribution in [0, 0.1) is 6.92 Å². The molecule has 0 heterocycles. The molecule has 0 N–H and O–H groups in total. The first kappa shape index (κ1) is 13.1. The summed E-state index contributed by atoms with van der Waals surface area (Å²) < 4.78 is 0. The van der Waals surface area contributed by atoms with E-state index in [1.54, 1.807) is 0 Å². The van der Waals surface area contributed by atoms with Crippen molar-refractivity contribution in [1.82, 2.24) is 0 Å². The smallest absolute Gasteiger partial charge is 0.140 e. The number of hydrogen-bond donors (Lipinski definition) is 0. The Hall–Kier alpha value is -1.89. The van der Waals surface area contributed by atoms with Gasteiger partial charge in [0, 0.05) is 12.3 Å². The molecular weight excluding hydrogens is 244 g/mol. The number of ketones is 1. The van der Waals surface area contributed by atoms with Crippen molar-refractivity contribution in [3.8, 4) is 11.1 Å². The van der Waals surface area contributed by atoms with Gasteiger partial charge in [-0.15, -0.1) is 0 Å². The van der Waals surface area contributed by atoms with Crippen molar-refractivity contribution in [2.24, 2.45) is 0 Å². The van der Waals surface area contributed by atoms with Crippen LogP contribution in [0.3, 0.4) is 0 Å². The highest BCUT2D eigenvalue weighted by molar-refractivity contribution is 5.87. The van der Waals surface area contributed by atoms with Crippen LogP contribution in [0.2, 0.25) is 0 Å². The second kappa shape index (κ2) is 5.62. The van der Waals surface area contributed by atoms with E-state index in [2.05, 4.69) is 49.4 Å². The molecule has 0 aromatic heterocycles. The minimum absolute atomic E-state index is 0.118. The van der Waals surface area contributed by atoms with Crippen molar-refractivity contribution in [1.29, 1.82) is 0 Å². The maximum atomic E-state index is 12.2. The van der Waals surface area contributed by atoms with Gasteiger partial charge in [-0.25, -0.2) is 0 Å². The SMILES string of the molecule is Cc1ccc(-c2ccccc2)cc1C1CCCCC1=O. The maximum absolute atomic E-state index is 12.2. The van der Waals surface area contributed by atoms with Crippen LogP contribution in [-0.2, 0) is 4.79 Å². The lowest BCUT2D eigenvalue weighted by Gasteiger charge is -2.23. The number of benzene rings is 2. The Kier molecular flexibility index (Phi) is 3.68. The minimum atomic E-state index is 0.118. The van der Waals surface area contributed by atoms with E-state index < -0.39 is 0 Å². The van der Waals surface area contributed by atoms with E-state index >= 15 is 0 Å². The molecule has 0 spiro atoms. The fraction of sp³-hybridized carbons (Fsp3) is 0.316. The molecule has 0 aliphatic heterocycles. The van der Waals surface area contributed by atoms with Gasteiger partial charge in [0.15, 0.2) is 0 Å². The largest absolute Gasteiger partial charge is 0.299 e. The number of hydrogen-bond acceptors (Lipinski definition) is 1. The summed E-state index contributed by atoms with van der Waals surface area (Å²) in [4.78, 5) is 12.2. The summed E-state index contributed by atoms with van der Waals surface area (Å²) in [6.07, 6.45) is 4.00. The van der Waals surface area contributed by atoms with Crippen molar-refractivity contribution < 1.29 is 4.79 Å². The van der Waals surface area contributed by atoms with E-state index in [9.17, 15) is 4.79 Å². The summed E-state index contributed by atoms with van der Waals surface area (Å²) in [6, 6.07) is 16.9. The third-order valence-electron chi connectivity index (χ3n) is 4.32. The number of rotatable bonds is 2. The zero-order valence-electron chi connectivity index (χ0n) is 11.9. The molecule has 102 valence electrons. The molecule has 20 heavy (non-hydrogen) atoms. The molecule has 1 heteroatoms. The summed E-state index contributed by atoms with van der Waals surface area (Å²) in [7, 11) is 0.